The van der Waals surface area contributed by atoms with Crippen molar-refractivity contribution in [2.24, 2.45) is 0 Å². The predicted octanol–water partition coefficient (Wildman–Crippen LogP) is 2.48. The SMILES string of the molecule is N#CSCC1=CC=CCC1. The van der Waals surface area contributed by atoms with Gasteiger partial charge in [-0.2, -0.15) is 5.26 Å². The molecule has 2 heteroatoms. The maximum atomic E-state index is 8.26. The van der Waals surface area contributed by atoms with Crippen LogP contribution in [0.2, 0.25) is 0 Å². The molecular formula is C8H9NS. The van der Waals surface area contributed by atoms with E-state index in [9.17, 15) is 0 Å². The largest absolute Gasteiger partial charge is 0.185 e. The van der Waals surface area contributed by atoms with E-state index in [1.54, 1.807) is 0 Å². The first-order chi connectivity index (χ1) is 4.93. The third kappa shape index (κ3) is 2.28. The van der Waals surface area contributed by atoms with Crippen LogP contribution in [-0.2, 0) is 0 Å². The molecule has 0 N–H and O–H groups in total. The monoisotopic (exact) mass is 151 g/mol. The summed E-state index contributed by atoms with van der Waals surface area (Å²) in [5.74, 6) is 0.876. The first-order valence-corrected chi connectivity index (χ1v) is 4.27. The van der Waals surface area contributed by atoms with E-state index in [1.807, 2.05) is 0 Å². The van der Waals surface area contributed by atoms with Gasteiger partial charge in [0.2, 0.25) is 0 Å². The van der Waals surface area contributed by atoms with Crippen LogP contribution in [0.3, 0.4) is 0 Å². The minimum atomic E-state index is 0.876. The van der Waals surface area contributed by atoms with Crippen molar-refractivity contribution in [2.75, 3.05) is 5.75 Å². The molecule has 10 heavy (non-hydrogen) atoms. The molecule has 1 rings (SSSR count). The van der Waals surface area contributed by atoms with E-state index < -0.39 is 0 Å². The Bertz CT molecular complexity index is 198. The highest BCUT2D eigenvalue weighted by atomic mass is 32.2. The molecule has 0 heterocycles. The summed E-state index contributed by atoms with van der Waals surface area (Å²) in [6.45, 7) is 0. The van der Waals surface area contributed by atoms with Crippen molar-refractivity contribution in [3.63, 3.8) is 0 Å². The molecule has 0 fully saturated rings. The summed E-state index contributed by atoms with van der Waals surface area (Å²) < 4.78 is 0. The van der Waals surface area contributed by atoms with Gasteiger partial charge in [0.1, 0.15) is 5.40 Å². The molecule has 0 aliphatic heterocycles. The van der Waals surface area contributed by atoms with Gasteiger partial charge in [-0.15, -0.1) is 0 Å². The van der Waals surface area contributed by atoms with Crippen LogP contribution >= 0.6 is 11.8 Å². The van der Waals surface area contributed by atoms with Gasteiger partial charge in [-0.25, -0.2) is 0 Å². The fourth-order valence-electron chi connectivity index (χ4n) is 0.898. The maximum absolute atomic E-state index is 8.26. The number of thiocyanates is 1. The first-order valence-electron chi connectivity index (χ1n) is 3.29. The highest BCUT2D eigenvalue weighted by Crippen LogP contribution is 2.15. The van der Waals surface area contributed by atoms with Crippen molar-refractivity contribution in [1.29, 1.82) is 5.26 Å². The second-order valence-electron chi connectivity index (χ2n) is 2.17. The second-order valence-corrected chi connectivity index (χ2v) is 2.93. The Balaban J connectivity index is 2.34. The van der Waals surface area contributed by atoms with E-state index in [4.69, 9.17) is 5.26 Å². The Hall–Kier alpha value is -0.680. The van der Waals surface area contributed by atoms with Gasteiger partial charge in [0.25, 0.3) is 0 Å². The summed E-state index contributed by atoms with van der Waals surface area (Å²) >= 11 is 1.32. The predicted molar refractivity (Wildman–Crippen MR) is 44.5 cm³/mol. The van der Waals surface area contributed by atoms with Crippen LogP contribution in [0, 0.1) is 10.7 Å². The van der Waals surface area contributed by atoms with Gasteiger partial charge < -0.3 is 0 Å². The Labute approximate surface area is 65.4 Å². The number of rotatable bonds is 2. The highest BCUT2D eigenvalue weighted by molar-refractivity contribution is 8.03. The van der Waals surface area contributed by atoms with Crippen molar-refractivity contribution < 1.29 is 0 Å². The molecule has 0 aromatic rings. The summed E-state index contributed by atoms with van der Waals surface area (Å²) in [6.07, 6.45) is 8.59. The summed E-state index contributed by atoms with van der Waals surface area (Å²) in [6, 6.07) is 0. The van der Waals surface area contributed by atoms with E-state index in [1.165, 1.54) is 17.3 Å². The van der Waals surface area contributed by atoms with Gasteiger partial charge in [-0.05, 0) is 24.6 Å². The lowest BCUT2D eigenvalue weighted by Gasteiger charge is -2.04. The number of nitrogens with zero attached hydrogens (tertiary/aromatic N) is 1. The molecule has 1 nitrogen and oxygen atoms in total. The average Bonchev–Trinajstić information content (AvgIpc) is 2.03. The summed E-state index contributed by atoms with van der Waals surface area (Å²) in [7, 11) is 0. The van der Waals surface area contributed by atoms with Gasteiger partial charge in [0, 0.05) is 5.75 Å². The van der Waals surface area contributed by atoms with Crippen molar-refractivity contribution >= 4 is 11.8 Å². The third-order valence-electron chi connectivity index (χ3n) is 1.42. The summed E-state index contributed by atoms with van der Waals surface area (Å²) in [4.78, 5) is 0. The zero-order chi connectivity index (χ0) is 7.23. The topological polar surface area (TPSA) is 23.8 Å². The first kappa shape index (κ1) is 7.43. The van der Waals surface area contributed by atoms with Crippen LogP contribution in [0.5, 0.6) is 0 Å². The van der Waals surface area contributed by atoms with Gasteiger partial charge in [0.05, 0.1) is 0 Å². The normalized spacial score (nSPS) is 16.1. The van der Waals surface area contributed by atoms with Gasteiger partial charge in [-0.1, -0.05) is 23.8 Å². The van der Waals surface area contributed by atoms with Crippen LogP contribution in [0.4, 0.5) is 0 Å². The molecule has 1 aliphatic carbocycles. The number of thioether (sulfide) groups is 1. The molecule has 0 bridgehead atoms. The highest BCUT2D eigenvalue weighted by Gasteiger charge is 1.98. The van der Waals surface area contributed by atoms with Gasteiger partial charge in [0.15, 0.2) is 0 Å². The van der Waals surface area contributed by atoms with Gasteiger partial charge in [-0.3, -0.25) is 0 Å². The van der Waals surface area contributed by atoms with E-state index in [0.717, 1.165) is 18.6 Å². The average molecular weight is 151 g/mol. The van der Waals surface area contributed by atoms with Crippen molar-refractivity contribution in [2.45, 2.75) is 12.8 Å². The smallest absolute Gasteiger partial charge is 0.133 e. The Morgan fingerprint density at radius 2 is 2.60 bits per heavy atom. The molecular weight excluding hydrogens is 142 g/mol. The molecule has 0 saturated heterocycles. The molecule has 0 saturated carbocycles. The molecule has 0 unspecified atom stereocenters. The zero-order valence-electron chi connectivity index (χ0n) is 5.71. The Morgan fingerprint density at radius 1 is 1.70 bits per heavy atom. The fraction of sp³-hybridized carbons (Fsp3) is 0.375. The van der Waals surface area contributed by atoms with Crippen LogP contribution in [0.1, 0.15) is 12.8 Å². The summed E-state index contributed by atoms with van der Waals surface area (Å²) in [5.41, 5.74) is 1.38. The molecule has 0 aromatic heterocycles. The van der Waals surface area contributed by atoms with E-state index in [2.05, 4.69) is 23.6 Å². The fourth-order valence-corrected chi connectivity index (χ4v) is 1.39. The van der Waals surface area contributed by atoms with E-state index in [0.29, 0.717) is 0 Å². The van der Waals surface area contributed by atoms with Crippen LogP contribution in [0.25, 0.3) is 0 Å². The third-order valence-corrected chi connectivity index (χ3v) is 2.07. The Morgan fingerprint density at radius 3 is 3.20 bits per heavy atom. The number of hydrogen-bond donors (Lipinski definition) is 0. The lowest BCUT2D eigenvalue weighted by atomic mass is 10.1. The maximum Gasteiger partial charge on any atom is 0.133 e. The molecule has 0 amide bonds. The van der Waals surface area contributed by atoms with Crippen LogP contribution < -0.4 is 0 Å². The van der Waals surface area contributed by atoms with Crippen molar-refractivity contribution in [3.05, 3.63) is 23.8 Å². The molecule has 1 aliphatic rings. The molecule has 52 valence electrons. The number of allylic oxidation sites excluding steroid dienone is 3. The zero-order valence-corrected chi connectivity index (χ0v) is 6.53. The quantitative estimate of drug-likeness (QED) is 0.566. The van der Waals surface area contributed by atoms with Crippen LogP contribution in [-0.4, -0.2) is 5.75 Å². The lowest BCUT2D eigenvalue weighted by molar-refractivity contribution is 0.967. The lowest BCUT2D eigenvalue weighted by Crippen LogP contribution is -1.89. The van der Waals surface area contributed by atoms with E-state index in [-0.39, 0.29) is 0 Å². The second kappa shape index (κ2) is 4.19. The molecule has 0 spiro atoms. The van der Waals surface area contributed by atoms with E-state index >= 15 is 0 Å². The minimum absolute atomic E-state index is 0.876. The molecule has 0 aromatic carbocycles. The molecule has 0 atom stereocenters. The number of hydrogen-bond acceptors (Lipinski definition) is 2. The Kier molecular flexibility index (Phi) is 3.11. The minimum Gasteiger partial charge on any atom is -0.185 e. The van der Waals surface area contributed by atoms with Crippen LogP contribution in [0.15, 0.2) is 23.8 Å². The standard InChI is InChI=1S/C8H9NS/c9-7-10-6-8-4-2-1-3-5-8/h1-2,4H,3,5-6H2. The van der Waals surface area contributed by atoms with Crippen molar-refractivity contribution in [3.8, 4) is 5.40 Å². The molecule has 0 radical (unpaired) electrons. The summed E-state index contributed by atoms with van der Waals surface area (Å²) in [5, 5.41) is 10.3. The number of nitriles is 1. The van der Waals surface area contributed by atoms with Gasteiger partial charge >= 0.3 is 0 Å². The van der Waals surface area contributed by atoms with Crippen molar-refractivity contribution in [1.82, 2.24) is 0 Å².